The van der Waals surface area contributed by atoms with Crippen LogP contribution >= 0.6 is 0 Å². The molecule has 3 aromatic rings. The molecule has 5 heteroatoms. The number of carbonyl (C=O) groups is 1. The highest BCUT2D eigenvalue weighted by atomic mass is 16.5. The molecule has 0 unspecified atom stereocenters. The summed E-state index contributed by atoms with van der Waals surface area (Å²) in [5.41, 5.74) is 4.45. The summed E-state index contributed by atoms with van der Waals surface area (Å²) in [4.78, 5) is 20.8. The molecule has 0 aliphatic rings. The van der Waals surface area contributed by atoms with E-state index in [0.717, 1.165) is 28.0 Å². The molecule has 0 atom stereocenters. The molecule has 1 N–H and O–H groups in total. The number of hydrogen-bond donors (Lipinski definition) is 1. The Morgan fingerprint density at radius 3 is 2.50 bits per heavy atom. The van der Waals surface area contributed by atoms with Crippen molar-refractivity contribution in [1.82, 2.24) is 9.97 Å². The molecular formula is C21H21N3O2. The largest absolute Gasteiger partial charge is 0.488 e. The van der Waals surface area contributed by atoms with E-state index in [4.69, 9.17) is 4.74 Å². The number of benzene rings is 1. The van der Waals surface area contributed by atoms with Crippen LogP contribution in [0.4, 0.5) is 5.82 Å². The summed E-state index contributed by atoms with van der Waals surface area (Å²) < 4.78 is 5.94. The topological polar surface area (TPSA) is 64.1 Å². The van der Waals surface area contributed by atoms with Gasteiger partial charge in [0, 0.05) is 29.7 Å². The standard InChI is InChI=1S/C21H21N3O2/c1-14-6-8-23-19(9-14)24-21(25)18-10-15(2)20(16(3)11-18)26-13-17-5-4-7-22-12-17/h4-12H,13H2,1-3H3,(H,23,24,25). The zero-order valence-electron chi connectivity index (χ0n) is 15.1. The summed E-state index contributed by atoms with van der Waals surface area (Å²) in [6.07, 6.45) is 5.19. The minimum Gasteiger partial charge on any atom is -0.488 e. The van der Waals surface area contributed by atoms with Crippen LogP contribution in [0.2, 0.25) is 0 Å². The van der Waals surface area contributed by atoms with Crippen LogP contribution in [-0.4, -0.2) is 15.9 Å². The predicted octanol–water partition coefficient (Wildman–Crippen LogP) is 4.23. The Morgan fingerprint density at radius 1 is 1.08 bits per heavy atom. The molecule has 0 fully saturated rings. The molecule has 0 aliphatic carbocycles. The maximum atomic E-state index is 12.5. The van der Waals surface area contributed by atoms with Crippen LogP contribution in [0.3, 0.4) is 0 Å². The first-order valence-electron chi connectivity index (χ1n) is 8.40. The summed E-state index contributed by atoms with van der Waals surface area (Å²) in [5, 5.41) is 2.83. The quantitative estimate of drug-likeness (QED) is 0.750. The maximum absolute atomic E-state index is 12.5. The molecule has 5 nitrogen and oxygen atoms in total. The van der Waals surface area contributed by atoms with Crippen molar-refractivity contribution in [3.8, 4) is 5.75 Å². The first kappa shape index (κ1) is 17.6. The van der Waals surface area contributed by atoms with Crippen LogP contribution in [-0.2, 0) is 6.61 Å². The first-order chi connectivity index (χ1) is 12.5. The summed E-state index contributed by atoms with van der Waals surface area (Å²) in [6.45, 7) is 6.27. The fourth-order valence-corrected chi connectivity index (χ4v) is 2.74. The highest BCUT2D eigenvalue weighted by Crippen LogP contribution is 2.26. The molecule has 0 spiro atoms. The summed E-state index contributed by atoms with van der Waals surface area (Å²) >= 11 is 0. The van der Waals surface area contributed by atoms with Gasteiger partial charge in [0.15, 0.2) is 0 Å². The van der Waals surface area contributed by atoms with Gasteiger partial charge in [0.1, 0.15) is 18.2 Å². The highest BCUT2D eigenvalue weighted by Gasteiger charge is 2.13. The zero-order chi connectivity index (χ0) is 18.5. The van der Waals surface area contributed by atoms with Crippen LogP contribution in [0.15, 0.2) is 55.0 Å². The first-order valence-corrected chi connectivity index (χ1v) is 8.40. The van der Waals surface area contributed by atoms with Gasteiger partial charge >= 0.3 is 0 Å². The number of anilines is 1. The Balaban J connectivity index is 1.75. The monoisotopic (exact) mass is 347 g/mol. The van der Waals surface area contributed by atoms with E-state index in [9.17, 15) is 4.79 Å². The second kappa shape index (κ2) is 7.78. The van der Waals surface area contributed by atoms with E-state index in [-0.39, 0.29) is 5.91 Å². The van der Waals surface area contributed by atoms with Gasteiger partial charge in [-0.15, -0.1) is 0 Å². The molecule has 2 aromatic heterocycles. The minimum absolute atomic E-state index is 0.187. The Morgan fingerprint density at radius 2 is 1.85 bits per heavy atom. The highest BCUT2D eigenvalue weighted by molar-refractivity contribution is 6.04. The van der Waals surface area contributed by atoms with E-state index in [2.05, 4.69) is 15.3 Å². The van der Waals surface area contributed by atoms with Crippen LogP contribution in [0.25, 0.3) is 0 Å². The molecule has 0 aliphatic heterocycles. The van der Waals surface area contributed by atoms with Gasteiger partial charge in [-0.3, -0.25) is 9.78 Å². The van der Waals surface area contributed by atoms with E-state index in [1.807, 2.05) is 57.2 Å². The van der Waals surface area contributed by atoms with E-state index in [1.165, 1.54) is 0 Å². The van der Waals surface area contributed by atoms with Gasteiger partial charge in [0.2, 0.25) is 0 Å². The van der Waals surface area contributed by atoms with E-state index < -0.39 is 0 Å². The lowest BCUT2D eigenvalue weighted by Crippen LogP contribution is -2.14. The third-order valence-corrected chi connectivity index (χ3v) is 3.99. The van der Waals surface area contributed by atoms with Crippen molar-refractivity contribution in [2.75, 3.05) is 5.32 Å². The van der Waals surface area contributed by atoms with Crippen LogP contribution in [0.1, 0.15) is 32.6 Å². The van der Waals surface area contributed by atoms with Crippen molar-refractivity contribution in [2.45, 2.75) is 27.4 Å². The van der Waals surface area contributed by atoms with Gasteiger partial charge in [-0.05, 0) is 67.8 Å². The fraction of sp³-hybridized carbons (Fsp3) is 0.190. The SMILES string of the molecule is Cc1ccnc(NC(=O)c2cc(C)c(OCc3cccnc3)c(C)c2)c1. The summed E-state index contributed by atoms with van der Waals surface area (Å²) in [6, 6.07) is 11.2. The lowest BCUT2D eigenvalue weighted by molar-refractivity contribution is 0.102. The van der Waals surface area contributed by atoms with Gasteiger partial charge in [-0.25, -0.2) is 4.98 Å². The van der Waals surface area contributed by atoms with Gasteiger partial charge in [0.25, 0.3) is 5.91 Å². The van der Waals surface area contributed by atoms with Gasteiger partial charge in [0.05, 0.1) is 0 Å². The predicted molar refractivity (Wildman–Crippen MR) is 101 cm³/mol. The van der Waals surface area contributed by atoms with Gasteiger partial charge in [-0.2, -0.15) is 0 Å². The van der Waals surface area contributed by atoms with E-state index in [0.29, 0.717) is 18.0 Å². The number of amides is 1. The average Bonchev–Trinajstić information content (AvgIpc) is 2.61. The number of hydrogen-bond acceptors (Lipinski definition) is 4. The molecule has 0 saturated heterocycles. The molecule has 132 valence electrons. The van der Waals surface area contributed by atoms with E-state index in [1.54, 1.807) is 18.6 Å². The molecule has 1 aromatic carbocycles. The number of nitrogens with zero attached hydrogens (tertiary/aromatic N) is 2. The number of aryl methyl sites for hydroxylation is 3. The number of rotatable bonds is 5. The lowest BCUT2D eigenvalue weighted by Gasteiger charge is -2.14. The zero-order valence-corrected chi connectivity index (χ0v) is 15.1. The fourth-order valence-electron chi connectivity index (χ4n) is 2.74. The second-order valence-electron chi connectivity index (χ2n) is 6.26. The number of carbonyl (C=O) groups excluding carboxylic acids is 1. The summed E-state index contributed by atoms with van der Waals surface area (Å²) in [7, 11) is 0. The second-order valence-corrected chi connectivity index (χ2v) is 6.26. The van der Waals surface area contributed by atoms with Crippen molar-refractivity contribution in [2.24, 2.45) is 0 Å². The number of pyridine rings is 2. The molecule has 1 amide bonds. The van der Waals surface area contributed by atoms with Crippen molar-refractivity contribution < 1.29 is 9.53 Å². The Hall–Kier alpha value is -3.21. The van der Waals surface area contributed by atoms with Crippen molar-refractivity contribution in [3.63, 3.8) is 0 Å². The average molecular weight is 347 g/mol. The Bertz CT molecular complexity index is 901. The third kappa shape index (κ3) is 4.25. The molecular weight excluding hydrogens is 326 g/mol. The summed E-state index contributed by atoms with van der Waals surface area (Å²) in [5.74, 6) is 1.15. The van der Waals surface area contributed by atoms with Crippen LogP contribution in [0.5, 0.6) is 5.75 Å². The molecule has 0 saturated carbocycles. The molecule has 0 radical (unpaired) electrons. The third-order valence-electron chi connectivity index (χ3n) is 3.99. The molecule has 3 rings (SSSR count). The molecule has 2 heterocycles. The molecule has 26 heavy (non-hydrogen) atoms. The Labute approximate surface area is 153 Å². The smallest absolute Gasteiger partial charge is 0.256 e. The van der Waals surface area contributed by atoms with E-state index >= 15 is 0 Å². The normalized spacial score (nSPS) is 10.4. The van der Waals surface area contributed by atoms with Gasteiger partial charge < -0.3 is 10.1 Å². The number of nitrogens with one attached hydrogen (secondary N) is 1. The Kier molecular flexibility index (Phi) is 5.27. The van der Waals surface area contributed by atoms with Gasteiger partial charge in [-0.1, -0.05) is 6.07 Å². The van der Waals surface area contributed by atoms with Crippen molar-refractivity contribution in [3.05, 3.63) is 82.8 Å². The number of ether oxygens (including phenoxy) is 1. The van der Waals surface area contributed by atoms with Crippen molar-refractivity contribution >= 4 is 11.7 Å². The minimum atomic E-state index is -0.187. The van der Waals surface area contributed by atoms with Crippen LogP contribution in [0, 0.1) is 20.8 Å². The van der Waals surface area contributed by atoms with Crippen LogP contribution < -0.4 is 10.1 Å². The molecule has 0 bridgehead atoms. The lowest BCUT2D eigenvalue weighted by atomic mass is 10.0. The number of aromatic nitrogens is 2. The van der Waals surface area contributed by atoms with Crippen molar-refractivity contribution in [1.29, 1.82) is 0 Å². The maximum Gasteiger partial charge on any atom is 0.256 e.